The van der Waals surface area contributed by atoms with Gasteiger partial charge in [0.05, 0.1) is 33.1 Å². The Morgan fingerprint density at radius 1 is 1.00 bits per heavy atom. The molecule has 1 atom stereocenters. The number of halogens is 2. The maximum Gasteiger partial charge on any atom is 0.221 e. The highest BCUT2D eigenvalue weighted by molar-refractivity contribution is 6.34. The number of amidine groups is 1. The number of ether oxygens (including phenoxy) is 1. The van der Waals surface area contributed by atoms with E-state index in [9.17, 15) is 9.59 Å². The van der Waals surface area contributed by atoms with Gasteiger partial charge in [-0.05, 0) is 123 Å². The Labute approximate surface area is 331 Å². The predicted octanol–water partition coefficient (Wildman–Crippen LogP) is 9.37. The molecule has 1 saturated carbocycles. The Balaban J connectivity index is 0.959. The van der Waals surface area contributed by atoms with Crippen molar-refractivity contribution < 1.29 is 18.7 Å². The number of piperidine rings is 2. The largest absolute Gasteiger partial charge is 0.369 e. The normalized spacial score (nSPS) is 20.6. The van der Waals surface area contributed by atoms with E-state index in [1.807, 2.05) is 38.2 Å². The number of methoxy groups -OCH3 is 1. The van der Waals surface area contributed by atoms with Crippen molar-refractivity contribution in [2.45, 2.75) is 94.8 Å². The van der Waals surface area contributed by atoms with Crippen molar-refractivity contribution in [3.05, 3.63) is 87.7 Å². The predicted molar refractivity (Wildman–Crippen MR) is 221 cm³/mol. The van der Waals surface area contributed by atoms with Crippen LogP contribution in [-0.4, -0.2) is 76.5 Å². The third kappa shape index (κ3) is 8.21. The molecule has 7 rings (SSSR count). The number of aliphatic imine (C=N–C) groups is 1. The molecular weight excluding hydrogens is 713 g/mol. The van der Waals surface area contributed by atoms with E-state index in [4.69, 9.17) is 21.3 Å². The summed E-state index contributed by atoms with van der Waals surface area (Å²) in [6.45, 7) is 7.21. The van der Waals surface area contributed by atoms with Gasteiger partial charge in [-0.1, -0.05) is 62.1 Å². The van der Waals surface area contributed by atoms with Gasteiger partial charge in [0.2, 0.25) is 5.91 Å². The minimum Gasteiger partial charge on any atom is -0.369 e. The zero-order valence-corrected chi connectivity index (χ0v) is 33.6. The molecule has 3 aromatic rings. The molecule has 4 aliphatic rings. The van der Waals surface area contributed by atoms with Crippen LogP contribution >= 0.6 is 11.6 Å². The Morgan fingerprint density at radius 2 is 1.76 bits per heavy atom. The summed E-state index contributed by atoms with van der Waals surface area (Å²) in [4.78, 5) is 36.4. The molecule has 1 amide bonds. The van der Waals surface area contributed by atoms with Gasteiger partial charge in [0, 0.05) is 40.2 Å². The smallest absolute Gasteiger partial charge is 0.221 e. The molecule has 3 fully saturated rings. The summed E-state index contributed by atoms with van der Waals surface area (Å²) in [5.41, 5.74) is 6.66. The molecule has 1 N–H and O–H groups in total. The number of benzene rings is 3. The SMILES string of the molecule is CN=C1N(c2cccc(Cl)c2C=O)c2cc(C3CCN(CC4CCN(c5ccc(C(C)CCC(=O)NCOC)cc5F)CC4)CC3)ccc2C12CCCCC2. The van der Waals surface area contributed by atoms with E-state index < -0.39 is 0 Å². The topological polar surface area (TPSA) is 77.5 Å². The highest BCUT2D eigenvalue weighted by atomic mass is 35.5. The summed E-state index contributed by atoms with van der Waals surface area (Å²) in [5.74, 6) is 1.98. The molecule has 1 unspecified atom stereocenters. The van der Waals surface area contributed by atoms with E-state index >= 15 is 4.39 Å². The average Bonchev–Trinajstić information content (AvgIpc) is 3.47. The van der Waals surface area contributed by atoms with Gasteiger partial charge in [-0.25, -0.2) is 4.39 Å². The standard InChI is InChI=1S/C45H57ClFN5O3/c1-31(10-15-43(54)49-30-55-3)34-12-14-41(39(47)26-34)51-24-16-32(17-25-51)28-50-22-18-33(19-23-50)35-11-13-37-42(27-35)52(40-9-7-8-38(46)36(40)29-53)44(48-2)45(37)20-5-4-6-21-45/h7-9,11-14,26-27,29,31-33H,4-6,10,15-25,28,30H2,1-3H3,(H,49,54). The first-order valence-electron chi connectivity index (χ1n) is 20.4. The Bertz CT molecular complexity index is 1860. The molecular formula is C45H57ClFN5O3. The Morgan fingerprint density at radius 3 is 2.45 bits per heavy atom. The first kappa shape index (κ1) is 39.4. The molecule has 55 heavy (non-hydrogen) atoms. The number of rotatable bonds is 12. The highest BCUT2D eigenvalue weighted by Gasteiger charge is 2.50. The minimum absolute atomic E-state index is 0.0524. The fourth-order valence-electron chi connectivity index (χ4n) is 9.90. The number of carbonyl (C=O) groups is 2. The number of carbonyl (C=O) groups excluding carboxylic acids is 2. The van der Waals surface area contributed by atoms with Crippen molar-refractivity contribution in [2.75, 3.05) is 63.4 Å². The van der Waals surface area contributed by atoms with Crippen LogP contribution < -0.4 is 15.1 Å². The van der Waals surface area contributed by atoms with Gasteiger partial charge in [-0.2, -0.15) is 0 Å². The van der Waals surface area contributed by atoms with Gasteiger partial charge in [-0.3, -0.25) is 19.5 Å². The van der Waals surface area contributed by atoms with Crippen LogP contribution in [0.25, 0.3) is 0 Å². The van der Waals surface area contributed by atoms with E-state index in [1.165, 1.54) is 30.4 Å². The zero-order valence-electron chi connectivity index (χ0n) is 32.8. The summed E-state index contributed by atoms with van der Waals surface area (Å²) in [7, 11) is 3.44. The lowest BCUT2D eigenvalue weighted by Gasteiger charge is -2.38. The van der Waals surface area contributed by atoms with Crippen molar-refractivity contribution in [1.82, 2.24) is 10.2 Å². The fourth-order valence-corrected chi connectivity index (χ4v) is 10.1. The van der Waals surface area contributed by atoms with Crippen molar-refractivity contribution in [1.29, 1.82) is 0 Å². The zero-order chi connectivity index (χ0) is 38.5. The number of amides is 1. The van der Waals surface area contributed by atoms with Crippen LogP contribution in [-0.2, 0) is 14.9 Å². The third-order valence-corrected chi connectivity index (χ3v) is 13.3. The first-order chi connectivity index (χ1) is 26.8. The number of nitrogens with zero attached hydrogens (tertiary/aromatic N) is 4. The molecule has 8 nitrogen and oxygen atoms in total. The maximum absolute atomic E-state index is 15.4. The second-order valence-electron chi connectivity index (χ2n) is 16.3. The molecule has 10 heteroatoms. The van der Waals surface area contributed by atoms with Crippen LogP contribution in [0.4, 0.5) is 21.5 Å². The molecule has 294 valence electrons. The average molecular weight is 770 g/mol. The van der Waals surface area contributed by atoms with Crippen LogP contribution in [0.2, 0.25) is 5.02 Å². The quantitative estimate of drug-likeness (QED) is 0.146. The van der Waals surface area contributed by atoms with E-state index in [2.05, 4.69) is 38.2 Å². The van der Waals surface area contributed by atoms with Gasteiger partial charge < -0.3 is 19.9 Å². The van der Waals surface area contributed by atoms with Crippen LogP contribution in [0.1, 0.15) is 116 Å². The summed E-state index contributed by atoms with van der Waals surface area (Å²) < 4.78 is 20.3. The molecule has 3 aliphatic heterocycles. The van der Waals surface area contributed by atoms with E-state index in [-0.39, 0.29) is 29.8 Å². The van der Waals surface area contributed by atoms with E-state index in [0.717, 1.165) is 100 Å². The maximum atomic E-state index is 15.4. The van der Waals surface area contributed by atoms with Gasteiger partial charge >= 0.3 is 0 Å². The highest BCUT2D eigenvalue weighted by Crippen LogP contribution is 2.54. The molecule has 3 heterocycles. The molecule has 0 bridgehead atoms. The van der Waals surface area contributed by atoms with Gasteiger partial charge in [0.15, 0.2) is 6.29 Å². The lowest BCUT2D eigenvalue weighted by molar-refractivity contribution is -0.122. The number of anilines is 3. The summed E-state index contributed by atoms with van der Waals surface area (Å²) in [6.07, 6.45) is 12.0. The number of hydrogen-bond donors (Lipinski definition) is 1. The molecule has 0 radical (unpaired) electrons. The summed E-state index contributed by atoms with van der Waals surface area (Å²) in [6, 6.07) is 18.5. The van der Waals surface area contributed by atoms with Gasteiger partial charge in [-0.15, -0.1) is 0 Å². The first-order valence-corrected chi connectivity index (χ1v) is 20.8. The molecule has 0 aromatic heterocycles. The summed E-state index contributed by atoms with van der Waals surface area (Å²) >= 11 is 6.59. The van der Waals surface area contributed by atoms with Crippen LogP contribution in [0.5, 0.6) is 0 Å². The summed E-state index contributed by atoms with van der Waals surface area (Å²) in [5, 5.41) is 3.17. The Hall–Kier alpha value is -3.79. The van der Waals surface area contributed by atoms with Crippen LogP contribution in [0.15, 0.2) is 59.6 Å². The molecule has 1 spiro atoms. The lowest BCUT2D eigenvalue weighted by Crippen LogP contribution is -2.41. The van der Waals surface area contributed by atoms with Crippen molar-refractivity contribution in [3.63, 3.8) is 0 Å². The lowest BCUT2D eigenvalue weighted by atomic mass is 9.69. The number of nitrogens with one attached hydrogen (secondary N) is 1. The number of fused-ring (bicyclic) bond motifs is 2. The van der Waals surface area contributed by atoms with Crippen molar-refractivity contribution in [3.8, 4) is 0 Å². The Kier molecular flexibility index (Phi) is 12.6. The third-order valence-electron chi connectivity index (χ3n) is 13.0. The monoisotopic (exact) mass is 769 g/mol. The second-order valence-corrected chi connectivity index (χ2v) is 16.7. The number of aldehydes is 1. The fraction of sp³-hybridized carbons (Fsp3) is 0.533. The van der Waals surface area contributed by atoms with E-state index in [1.54, 1.807) is 19.2 Å². The molecule has 3 aromatic carbocycles. The van der Waals surface area contributed by atoms with Crippen molar-refractivity contribution in [2.24, 2.45) is 10.9 Å². The van der Waals surface area contributed by atoms with Gasteiger partial charge in [0.25, 0.3) is 0 Å². The van der Waals surface area contributed by atoms with Crippen molar-refractivity contribution >= 4 is 46.7 Å². The molecule has 2 saturated heterocycles. The van der Waals surface area contributed by atoms with Crippen LogP contribution in [0.3, 0.4) is 0 Å². The number of hydrogen-bond acceptors (Lipinski definition) is 6. The van der Waals surface area contributed by atoms with E-state index in [0.29, 0.717) is 41.0 Å². The second kappa shape index (κ2) is 17.6. The molecule has 1 aliphatic carbocycles. The number of likely N-dealkylation sites (tertiary alicyclic amines) is 1. The van der Waals surface area contributed by atoms with Crippen LogP contribution in [0, 0.1) is 11.7 Å². The van der Waals surface area contributed by atoms with Gasteiger partial charge in [0.1, 0.15) is 18.4 Å². The minimum atomic E-state index is -0.174.